The number of halogens is 1. The van der Waals surface area contributed by atoms with Gasteiger partial charge in [0.1, 0.15) is 5.82 Å². The summed E-state index contributed by atoms with van der Waals surface area (Å²) >= 11 is 0. The highest BCUT2D eigenvalue weighted by Gasteiger charge is 2.24. The van der Waals surface area contributed by atoms with Gasteiger partial charge in [-0.25, -0.2) is 4.39 Å². The second-order valence-corrected chi connectivity index (χ2v) is 5.75. The first-order chi connectivity index (χ1) is 9.51. The van der Waals surface area contributed by atoms with Crippen molar-refractivity contribution in [1.82, 2.24) is 4.90 Å². The molecule has 0 bridgehead atoms. The van der Waals surface area contributed by atoms with E-state index in [1.807, 2.05) is 0 Å². The highest BCUT2D eigenvalue weighted by atomic mass is 19.1. The summed E-state index contributed by atoms with van der Waals surface area (Å²) < 4.78 is 13.4. The first kappa shape index (κ1) is 14.8. The normalized spacial score (nSPS) is 24.9. The lowest BCUT2D eigenvalue weighted by Gasteiger charge is -2.37. The van der Waals surface area contributed by atoms with E-state index in [1.165, 1.54) is 25.0 Å². The smallest absolute Gasteiger partial charge is 0.170 e. The van der Waals surface area contributed by atoms with Gasteiger partial charge in [-0.15, -0.1) is 0 Å². The summed E-state index contributed by atoms with van der Waals surface area (Å²) in [4.78, 5) is 2.37. The number of hydrogen-bond donors (Lipinski definition) is 2. The van der Waals surface area contributed by atoms with Gasteiger partial charge in [0.25, 0.3) is 0 Å². The Kier molecular flexibility index (Phi) is 4.60. The minimum absolute atomic E-state index is 0.0442. The Hall–Kier alpha value is -1.62. The van der Waals surface area contributed by atoms with Crippen LogP contribution in [0.25, 0.3) is 0 Å². The first-order valence-electron chi connectivity index (χ1n) is 7.01. The summed E-state index contributed by atoms with van der Waals surface area (Å²) in [6, 6.07) is 4.95. The molecule has 1 aliphatic heterocycles. The molecule has 2 unspecified atom stereocenters. The fourth-order valence-electron chi connectivity index (χ4n) is 2.80. The molecule has 1 heterocycles. The Balaban J connectivity index is 2.24. The van der Waals surface area contributed by atoms with Crippen molar-refractivity contribution in [2.45, 2.75) is 39.3 Å². The van der Waals surface area contributed by atoms with Gasteiger partial charge >= 0.3 is 0 Å². The predicted molar refractivity (Wildman–Crippen MR) is 77.2 cm³/mol. The van der Waals surface area contributed by atoms with Crippen molar-refractivity contribution in [3.63, 3.8) is 0 Å². The van der Waals surface area contributed by atoms with Gasteiger partial charge in [0.2, 0.25) is 0 Å². The summed E-state index contributed by atoms with van der Waals surface area (Å²) in [5, 5.41) is 11.8. The van der Waals surface area contributed by atoms with Gasteiger partial charge in [-0.2, -0.15) is 0 Å². The zero-order valence-corrected chi connectivity index (χ0v) is 12.0. The molecule has 1 aromatic carbocycles. The molecule has 3 N–H and O–H groups in total. The Morgan fingerprint density at radius 3 is 2.90 bits per heavy atom. The topological polar surface area (TPSA) is 61.8 Å². The molecule has 5 heteroatoms. The van der Waals surface area contributed by atoms with E-state index < -0.39 is 0 Å². The quantitative estimate of drug-likeness (QED) is 0.387. The highest BCUT2D eigenvalue weighted by Crippen LogP contribution is 2.24. The van der Waals surface area contributed by atoms with Crippen molar-refractivity contribution in [3.8, 4) is 0 Å². The van der Waals surface area contributed by atoms with Crippen molar-refractivity contribution < 1.29 is 9.60 Å². The molecule has 4 nitrogen and oxygen atoms in total. The average Bonchev–Trinajstić information content (AvgIpc) is 2.43. The number of likely N-dealkylation sites (tertiary alicyclic amines) is 1. The lowest BCUT2D eigenvalue weighted by molar-refractivity contribution is 0.117. The van der Waals surface area contributed by atoms with E-state index in [1.54, 1.807) is 6.07 Å². The molecule has 110 valence electrons. The third-order valence-corrected chi connectivity index (χ3v) is 4.08. The molecule has 2 atom stereocenters. The molecule has 20 heavy (non-hydrogen) atoms. The van der Waals surface area contributed by atoms with Gasteiger partial charge in [-0.3, -0.25) is 4.90 Å². The van der Waals surface area contributed by atoms with E-state index in [2.05, 4.69) is 23.9 Å². The van der Waals surface area contributed by atoms with Crippen molar-refractivity contribution in [2.24, 2.45) is 16.8 Å². The first-order valence-corrected chi connectivity index (χ1v) is 7.01. The highest BCUT2D eigenvalue weighted by molar-refractivity contribution is 5.98. The van der Waals surface area contributed by atoms with Crippen LogP contribution >= 0.6 is 0 Å². The molecule has 0 amide bonds. The summed E-state index contributed by atoms with van der Waals surface area (Å²) in [6.45, 7) is 6.16. The zero-order valence-electron chi connectivity index (χ0n) is 12.0. The van der Waals surface area contributed by atoms with Gasteiger partial charge in [-0.05, 0) is 43.4 Å². The second kappa shape index (κ2) is 6.22. The number of piperidine rings is 1. The van der Waals surface area contributed by atoms with Crippen LogP contribution in [-0.2, 0) is 6.54 Å². The van der Waals surface area contributed by atoms with Crippen LogP contribution in [-0.4, -0.2) is 28.5 Å². The SMILES string of the molecule is CC1CCC(C)N(Cc2ccc(F)cc2C(N)=NO)C1. The van der Waals surface area contributed by atoms with Gasteiger partial charge < -0.3 is 10.9 Å². The van der Waals surface area contributed by atoms with Crippen LogP contribution < -0.4 is 5.73 Å². The minimum Gasteiger partial charge on any atom is -0.409 e. The third-order valence-electron chi connectivity index (χ3n) is 4.08. The van der Waals surface area contributed by atoms with Crippen LogP contribution in [0, 0.1) is 11.7 Å². The summed E-state index contributed by atoms with van der Waals surface area (Å²) in [5.74, 6) is 0.242. The molecule has 0 spiro atoms. The molecule has 1 aliphatic rings. The standard InChI is InChI=1S/C15H22FN3O/c1-10-3-4-11(2)19(8-10)9-12-5-6-13(16)7-14(12)15(17)18-20/h5-7,10-11,20H,3-4,8-9H2,1-2H3,(H2,17,18). The molecular formula is C15H22FN3O. The Morgan fingerprint density at radius 1 is 1.45 bits per heavy atom. The molecule has 0 saturated carbocycles. The Bertz CT molecular complexity index is 504. The number of amidine groups is 1. The molecule has 0 aliphatic carbocycles. The average molecular weight is 279 g/mol. The van der Waals surface area contributed by atoms with Crippen LogP contribution in [0.1, 0.15) is 37.8 Å². The lowest BCUT2D eigenvalue weighted by atomic mass is 9.94. The van der Waals surface area contributed by atoms with E-state index in [0.29, 0.717) is 24.1 Å². The number of oxime groups is 1. The minimum atomic E-state index is -0.379. The van der Waals surface area contributed by atoms with Gasteiger partial charge in [0, 0.05) is 24.7 Å². The second-order valence-electron chi connectivity index (χ2n) is 5.75. The summed E-state index contributed by atoms with van der Waals surface area (Å²) in [5.41, 5.74) is 7.01. The largest absolute Gasteiger partial charge is 0.409 e. The Morgan fingerprint density at radius 2 is 2.20 bits per heavy atom. The lowest BCUT2D eigenvalue weighted by Crippen LogP contribution is -2.40. The van der Waals surface area contributed by atoms with Gasteiger partial charge in [-0.1, -0.05) is 18.1 Å². The third kappa shape index (κ3) is 3.28. The number of nitrogens with zero attached hydrogens (tertiary/aromatic N) is 2. The molecule has 1 saturated heterocycles. The van der Waals surface area contributed by atoms with Gasteiger partial charge in [0.15, 0.2) is 5.84 Å². The van der Waals surface area contributed by atoms with Crippen LogP contribution in [0.15, 0.2) is 23.4 Å². The fourth-order valence-corrected chi connectivity index (χ4v) is 2.80. The van der Waals surface area contributed by atoms with Crippen molar-refractivity contribution in [3.05, 3.63) is 35.1 Å². The maximum Gasteiger partial charge on any atom is 0.170 e. The maximum atomic E-state index is 13.4. The van der Waals surface area contributed by atoms with E-state index in [-0.39, 0.29) is 11.7 Å². The molecule has 1 aromatic rings. The zero-order chi connectivity index (χ0) is 14.7. The van der Waals surface area contributed by atoms with E-state index in [0.717, 1.165) is 12.1 Å². The number of hydrogen-bond acceptors (Lipinski definition) is 3. The van der Waals surface area contributed by atoms with Crippen LogP contribution in [0.5, 0.6) is 0 Å². The number of nitrogens with two attached hydrogens (primary N) is 1. The van der Waals surface area contributed by atoms with Crippen LogP contribution in [0.4, 0.5) is 4.39 Å². The monoisotopic (exact) mass is 279 g/mol. The summed E-state index contributed by atoms with van der Waals surface area (Å²) in [6.07, 6.45) is 2.41. The Labute approximate surface area is 119 Å². The maximum absolute atomic E-state index is 13.4. The van der Waals surface area contributed by atoms with Crippen LogP contribution in [0.2, 0.25) is 0 Å². The molecule has 1 fully saturated rings. The fraction of sp³-hybridized carbons (Fsp3) is 0.533. The van der Waals surface area contributed by atoms with Crippen molar-refractivity contribution >= 4 is 5.84 Å². The molecule has 0 radical (unpaired) electrons. The van der Waals surface area contributed by atoms with Gasteiger partial charge in [0.05, 0.1) is 0 Å². The van der Waals surface area contributed by atoms with E-state index in [4.69, 9.17) is 10.9 Å². The molecule has 0 aromatic heterocycles. The molecular weight excluding hydrogens is 257 g/mol. The van der Waals surface area contributed by atoms with E-state index in [9.17, 15) is 4.39 Å². The van der Waals surface area contributed by atoms with Crippen molar-refractivity contribution in [2.75, 3.05) is 6.54 Å². The predicted octanol–water partition coefficient (Wildman–Crippen LogP) is 2.54. The molecule has 2 rings (SSSR count). The number of rotatable bonds is 3. The number of benzene rings is 1. The summed E-state index contributed by atoms with van der Waals surface area (Å²) in [7, 11) is 0. The van der Waals surface area contributed by atoms with E-state index >= 15 is 0 Å². The van der Waals surface area contributed by atoms with Crippen LogP contribution in [0.3, 0.4) is 0 Å². The van der Waals surface area contributed by atoms with Crippen molar-refractivity contribution in [1.29, 1.82) is 0 Å².